The summed E-state index contributed by atoms with van der Waals surface area (Å²) in [6, 6.07) is 13.7. The van der Waals surface area contributed by atoms with Gasteiger partial charge in [0.2, 0.25) is 5.91 Å². The van der Waals surface area contributed by atoms with Crippen molar-refractivity contribution in [1.82, 2.24) is 35.1 Å². The molecule has 0 radical (unpaired) electrons. The minimum atomic E-state index is -0.0547. The Morgan fingerprint density at radius 2 is 1.89 bits per heavy atom. The highest BCUT2D eigenvalue weighted by atomic mass is 16.1. The number of hydrogen-bond acceptors (Lipinski definition) is 6. The standard InChI is InChI=1S/C26H20N8O/c1-2-23(35)30-17-9-16(11-27-12-17)15-6-7-21-18(10-15)25(34-33-21)26-31-22-14-28-13-19(24(22)32-26)20-5-3-4-8-29-20/h3-14H,2H2,1H3,(H,30,35)(H,31,32)(H,33,34). The Labute approximate surface area is 199 Å². The molecule has 0 atom stereocenters. The number of nitrogens with one attached hydrogen (secondary N) is 3. The monoisotopic (exact) mass is 460 g/mol. The van der Waals surface area contributed by atoms with E-state index in [2.05, 4.69) is 35.5 Å². The first-order valence-electron chi connectivity index (χ1n) is 11.2. The molecule has 0 bridgehead atoms. The third-order valence-corrected chi connectivity index (χ3v) is 5.80. The van der Waals surface area contributed by atoms with E-state index in [9.17, 15) is 4.79 Å². The van der Waals surface area contributed by atoms with E-state index in [4.69, 9.17) is 4.98 Å². The SMILES string of the molecule is CCC(=O)Nc1cncc(-c2ccc3[nH]nc(-c4nc5c(-c6ccccn6)cncc5[nH]4)c3c2)c1. The van der Waals surface area contributed by atoms with Crippen molar-refractivity contribution in [3.63, 3.8) is 0 Å². The summed E-state index contributed by atoms with van der Waals surface area (Å²) < 4.78 is 0. The maximum absolute atomic E-state index is 11.8. The topological polar surface area (TPSA) is 125 Å². The van der Waals surface area contributed by atoms with Gasteiger partial charge in [0, 0.05) is 41.5 Å². The summed E-state index contributed by atoms with van der Waals surface area (Å²) in [5.74, 6) is 0.580. The fraction of sp³-hybridized carbons (Fsp3) is 0.0769. The third kappa shape index (κ3) is 3.78. The number of rotatable bonds is 5. The number of hydrogen-bond donors (Lipinski definition) is 3. The van der Waals surface area contributed by atoms with E-state index in [-0.39, 0.29) is 5.91 Å². The smallest absolute Gasteiger partial charge is 0.224 e. The van der Waals surface area contributed by atoms with Crippen LogP contribution in [0.25, 0.3) is 55.8 Å². The van der Waals surface area contributed by atoms with Crippen molar-refractivity contribution >= 4 is 33.5 Å². The van der Waals surface area contributed by atoms with Crippen LogP contribution in [0.3, 0.4) is 0 Å². The van der Waals surface area contributed by atoms with Crippen LogP contribution < -0.4 is 5.32 Å². The van der Waals surface area contributed by atoms with Crippen molar-refractivity contribution in [3.8, 4) is 33.9 Å². The van der Waals surface area contributed by atoms with Crippen LogP contribution in [-0.4, -0.2) is 41.0 Å². The molecule has 9 nitrogen and oxygen atoms in total. The van der Waals surface area contributed by atoms with Gasteiger partial charge in [0.25, 0.3) is 0 Å². The molecule has 0 fully saturated rings. The predicted octanol–water partition coefficient (Wildman–Crippen LogP) is 4.97. The maximum Gasteiger partial charge on any atom is 0.224 e. The number of anilines is 1. The largest absolute Gasteiger partial charge is 0.335 e. The first-order chi connectivity index (χ1) is 17.2. The first kappa shape index (κ1) is 20.7. The molecule has 0 spiro atoms. The third-order valence-electron chi connectivity index (χ3n) is 5.80. The summed E-state index contributed by atoms with van der Waals surface area (Å²) in [6.07, 6.45) is 9.09. The van der Waals surface area contributed by atoms with Crippen molar-refractivity contribution in [2.75, 3.05) is 5.32 Å². The number of aromatic nitrogens is 7. The Bertz CT molecular complexity index is 1690. The van der Waals surface area contributed by atoms with Gasteiger partial charge in [-0.1, -0.05) is 19.1 Å². The van der Waals surface area contributed by atoms with Gasteiger partial charge in [-0.25, -0.2) is 4.98 Å². The number of carbonyl (C=O) groups excluding carboxylic acids is 1. The van der Waals surface area contributed by atoms with E-state index >= 15 is 0 Å². The number of amides is 1. The van der Waals surface area contributed by atoms with Gasteiger partial charge in [0.15, 0.2) is 5.82 Å². The van der Waals surface area contributed by atoms with Crippen molar-refractivity contribution in [1.29, 1.82) is 0 Å². The Morgan fingerprint density at radius 1 is 0.971 bits per heavy atom. The molecular weight excluding hydrogens is 440 g/mol. The van der Waals surface area contributed by atoms with Crippen LogP contribution in [0.2, 0.25) is 0 Å². The molecule has 0 saturated carbocycles. The molecule has 1 aromatic carbocycles. The van der Waals surface area contributed by atoms with Crippen LogP contribution in [-0.2, 0) is 4.79 Å². The van der Waals surface area contributed by atoms with Gasteiger partial charge in [-0.2, -0.15) is 5.10 Å². The molecule has 6 rings (SSSR count). The molecule has 170 valence electrons. The van der Waals surface area contributed by atoms with Gasteiger partial charge in [0.1, 0.15) is 11.2 Å². The molecule has 0 unspecified atom stereocenters. The number of nitrogens with zero attached hydrogens (tertiary/aromatic N) is 5. The lowest BCUT2D eigenvalue weighted by atomic mass is 10.0. The number of imidazole rings is 1. The van der Waals surface area contributed by atoms with E-state index in [0.29, 0.717) is 23.6 Å². The highest BCUT2D eigenvalue weighted by Gasteiger charge is 2.16. The van der Waals surface area contributed by atoms with Crippen molar-refractivity contribution in [2.24, 2.45) is 0 Å². The summed E-state index contributed by atoms with van der Waals surface area (Å²) in [5, 5.41) is 11.4. The molecule has 5 heterocycles. The number of pyridine rings is 3. The summed E-state index contributed by atoms with van der Waals surface area (Å²) >= 11 is 0. The van der Waals surface area contributed by atoms with Crippen LogP contribution in [0, 0.1) is 0 Å². The lowest BCUT2D eigenvalue weighted by Gasteiger charge is -2.06. The van der Waals surface area contributed by atoms with E-state index in [1.54, 1.807) is 31.0 Å². The zero-order chi connectivity index (χ0) is 23.8. The predicted molar refractivity (Wildman–Crippen MR) is 134 cm³/mol. The normalized spacial score (nSPS) is 11.2. The van der Waals surface area contributed by atoms with Crippen LogP contribution >= 0.6 is 0 Å². The minimum Gasteiger partial charge on any atom is -0.335 e. The summed E-state index contributed by atoms with van der Waals surface area (Å²) in [4.78, 5) is 33.1. The van der Waals surface area contributed by atoms with Gasteiger partial charge < -0.3 is 10.3 Å². The summed E-state index contributed by atoms with van der Waals surface area (Å²) in [7, 11) is 0. The Morgan fingerprint density at radius 3 is 2.74 bits per heavy atom. The van der Waals surface area contributed by atoms with Gasteiger partial charge in [-0.3, -0.25) is 24.8 Å². The van der Waals surface area contributed by atoms with Gasteiger partial charge in [-0.05, 0) is 35.9 Å². The second-order valence-corrected chi connectivity index (χ2v) is 8.08. The number of carbonyl (C=O) groups is 1. The van der Waals surface area contributed by atoms with E-state index in [1.165, 1.54) is 0 Å². The Hall–Kier alpha value is -4.92. The fourth-order valence-electron chi connectivity index (χ4n) is 4.04. The molecular formula is C26H20N8O. The first-order valence-corrected chi connectivity index (χ1v) is 11.2. The van der Waals surface area contributed by atoms with Crippen molar-refractivity contribution in [2.45, 2.75) is 13.3 Å². The van der Waals surface area contributed by atoms with Gasteiger partial charge in [0.05, 0.1) is 34.8 Å². The molecule has 0 aliphatic carbocycles. The molecule has 3 N–H and O–H groups in total. The Balaban J connectivity index is 1.43. The number of aromatic amines is 2. The number of benzene rings is 1. The van der Waals surface area contributed by atoms with Crippen LogP contribution in [0.15, 0.2) is 73.4 Å². The molecule has 9 heteroatoms. The minimum absolute atomic E-state index is 0.0547. The molecule has 5 aromatic heterocycles. The molecule has 1 amide bonds. The number of fused-ring (bicyclic) bond motifs is 2. The quantitative estimate of drug-likeness (QED) is 0.333. The average Bonchev–Trinajstić information content (AvgIpc) is 3.53. The molecule has 0 saturated heterocycles. The van der Waals surface area contributed by atoms with Crippen molar-refractivity contribution < 1.29 is 4.79 Å². The second kappa shape index (κ2) is 8.45. The number of H-pyrrole nitrogens is 2. The summed E-state index contributed by atoms with van der Waals surface area (Å²) in [5.41, 5.74) is 7.33. The zero-order valence-electron chi connectivity index (χ0n) is 18.8. The highest BCUT2D eigenvalue weighted by molar-refractivity contribution is 5.98. The van der Waals surface area contributed by atoms with Crippen molar-refractivity contribution in [3.05, 3.63) is 73.4 Å². The molecule has 35 heavy (non-hydrogen) atoms. The second-order valence-electron chi connectivity index (χ2n) is 8.08. The average molecular weight is 461 g/mol. The fourth-order valence-corrected chi connectivity index (χ4v) is 4.04. The van der Waals surface area contributed by atoms with E-state index < -0.39 is 0 Å². The molecule has 0 aliphatic rings. The molecule has 6 aromatic rings. The van der Waals surface area contributed by atoms with E-state index in [1.807, 2.05) is 49.4 Å². The maximum atomic E-state index is 11.8. The highest BCUT2D eigenvalue weighted by Crippen LogP contribution is 2.32. The molecule has 0 aliphatic heterocycles. The van der Waals surface area contributed by atoms with Gasteiger partial charge in [-0.15, -0.1) is 0 Å². The van der Waals surface area contributed by atoms with Crippen LogP contribution in [0.4, 0.5) is 5.69 Å². The van der Waals surface area contributed by atoms with Crippen LogP contribution in [0.1, 0.15) is 13.3 Å². The Kier molecular flexibility index (Phi) is 4.99. The van der Waals surface area contributed by atoms with Gasteiger partial charge >= 0.3 is 0 Å². The zero-order valence-corrected chi connectivity index (χ0v) is 18.8. The lowest BCUT2D eigenvalue weighted by molar-refractivity contribution is -0.115. The summed E-state index contributed by atoms with van der Waals surface area (Å²) in [6.45, 7) is 1.81. The lowest BCUT2D eigenvalue weighted by Crippen LogP contribution is -2.09. The van der Waals surface area contributed by atoms with E-state index in [0.717, 1.165) is 44.3 Å². The van der Waals surface area contributed by atoms with Crippen LogP contribution in [0.5, 0.6) is 0 Å².